The molecule has 0 aromatic heterocycles. The average molecular weight is 421 g/mol. The number of carbonyl (C=O) groups is 2. The van der Waals surface area contributed by atoms with Crippen LogP contribution in [0.5, 0.6) is 11.5 Å². The molecule has 0 unspecified atom stereocenters. The highest BCUT2D eigenvalue weighted by Crippen LogP contribution is 2.29. The Labute approximate surface area is 169 Å². The number of nitrogens with one attached hydrogen (secondary N) is 2. The predicted octanol–water partition coefficient (Wildman–Crippen LogP) is 1.92. The van der Waals surface area contributed by atoms with Gasteiger partial charge in [0.15, 0.2) is 6.61 Å². The second-order valence-corrected chi connectivity index (χ2v) is 8.32. The van der Waals surface area contributed by atoms with E-state index in [-0.39, 0.29) is 23.1 Å². The van der Waals surface area contributed by atoms with Crippen molar-refractivity contribution in [2.75, 3.05) is 38.4 Å². The van der Waals surface area contributed by atoms with E-state index in [2.05, 4.69) is 10.6 Å². The fourth-order valence-electron chi connectivity index (χ4n) is 2.37. The van der Waals surface area contributed by atoms with E-state index in [1.54, 1.807) is 24.3 Å². The predicted molar refractivity (Wildman–Crippen MR) is 109 cm³/mol. The summed E-state index contributed by atoms with van der Waals surface area (Å²) in [5, 5.41) is 5.20. The van der Waals surface area contributed by atoms with E-state index in [9.17, 15) is 18.0 Å². The first kappa shape index (κ1) is 22.2. The molecule has 156 valence electrons. The Morgan fingerprint density at radius 3 is 2.31 bits per heavy atom. The Bertz CT molecular complexity index is 1000. The van der Waals surface area contributed by atoms with Gasteiger partial charge >= 0.3 is 0 Å². The molecule has 2 rings (SSSR count). The zero-order valence-corrected chi connectivity index (χ0v) is 17.4. The minimum atomic E-state index is -3.68. The smallest absolute Gasteiger partial charge is 0.262 e. The van der Waals surface area contributed by atoms with E-state index < -0.39 is 15.9 Å². The van der Waals surface area contributed by atoms with E-state index in [1.807, 2.05) is 0 Å². The van der Waals surface area contributed by atoms with Gasteiger partial charge in [-0.25, -0.2) is 12.7 Å². The highest BCUT2D eigenvalue weighted by molar-refractivity contribution is 7.89. The summed E-state index contributed by atoms with van der Waals surface area (Å²) in [5.41, 5.74) is 0.628. The van der Waals surface area contributed by atoms with Gasteiger partial charge in [0.25, 0.3) is 5.91 Å². The molecule has 0 bridgehead atoms. The van der Waals surface area contributed by atoms with Crippen LogP contribution in [0.1, 0.15) is 6.92 Å². The number of hydrogen-bond donors (Lipinski definition) is 2. The van der Waals surface area contributed by atoms with Gasteiger partial charge in [0.1, 0.15) is 11.5 Å². The van der Waals surface area contributed by atoms with Crippen LogP contribution in [0.4, 0.5) is 11.4 Å². The van der Waals surface area contributed by atoms with Crippen LogP contribution in [-0.2, 0) is 19.6 Å². The summed E-state index contributed by atoms with van der Waals surface area (Å²) in [6.07, 6.45) is 0. The van der Waals surface area contributed by atoms with Gasteiger partial charge in [0.05, 0.1) is 23.4 Å². The van der Waals surface area contributed by atoms with Crippen molar-refractivity contribution in [2.24, 2.45) is 0 Å². The highest BCUT2D eigenvalue weighted by Gasteiger charge is 2.20. The summed E-state index contributed by atoms with van der Waals surface area (Å²) in [7, 11) is 0.560. The van der Waals surface area contributed by atoms with Gasteiger partial charge in [0, 0.05) is 21.0 Å². The summed E-state index contributed by atoms with van der Waals surface area (Å²) in [6, 6.07) is 10.9. The molecule has 0 spiro atoms. The molecule has 0 saturated carbocycles. The van der Waals surface area contributed by atoms with Crippen LogP contribution < -0.4 is 20.1 Å². The van der Waals surface area contributed by atoms with Crippen LogP contribution in [0.2, 0.25) is 0 Å². The number of sulfonamides is 1. The molecule has 0 aliphatic heterocycles. The molecule has 2 aromatic carbocycles. The largest absolute Gasteiger partial charge is 0.495 e. The van der Waals surface area contributed by atoms with Crippen LogP contribution in [0.25, 0.3) is 0 Å². The maximum Gasteiger partial charge on any atom is 0.262 e. The van der Waals surface area contributed by atoms with E-state index in [0.717, 1.165) is 4.31 Å². The number of hydrogen-bond acceptors (Lipinski definition) is 6. The van der Waals surface area contributed by atoms with E-state index in [0.29, 0.717) is 17.2 Å². The molecule has 10 heteroatoms. The quantitative estimate of drug-likeness (QED) is 0.673. The lowest BCUT2D eigenvalue weighted by atomic mass is 10.3. The van der Waals surface area contributed by atoms with Crippen LogP contribution >= 0.6 is 0 Å². The molecule has 0 saturated heterocycles. The number of ether oxygens (including phenoxy) is 2. The standard InChI is InChI=1S/C19H23N3O6S/c1-13(23)20-15-7-5-6-8-18(15)28-12-19(24)21-16-11-14(9-10-17(16)27-4)29(25,26)22(2)3/h5-11H,12H2,1-4H3,(H,20,23)(H,21,24). The van der Waals surface area contributed by atoms with E-state index in [1.165, 1.54) is 46.3 Å². The molecule has 2 N–H and O–H groups in total. The number of methoxy groups -OCH3 is 1. The Balaban J connectivity index is 2.16. The van der Waals surface area contributed by atoms with Crippen molar-refractivity contribution in [3.8, 4) is 11.5 Å². The fourth-order valence-corrected chi connectivity index (χ4v) is 3.30. The van der Waals surface area contributed by atoms with Gasteiger partial charge in [0.2, 0.25) is 15.9 Å². The fraction of sp³-hybridized carbons (Fsp3) is 0.263. The molecule has 0 atom stereocenters. The third-order valence-corrected chi connectivity index (χ3v) is 5.59. The first-order valence-corrected chi connectivity index (χ1v) is 9.99. The first-order valence-electron chi connectivity index (χ1n) is 8.55. The number of carbonyl (C=O) groups excluding carboxylic acids is 2. The maximum atomic E-state index is 12.3. The summed E-state index contributed by atoms with van der Waals surface area (Å²) in [6.45, 7) is 1.01. The molecule has 0 aliphatic carbocycles. The number of benzene rings is 2. The number of anilines is 2. The number of amides is 2. The average Bonchev–Trinajstić information content (AvgIpc) is 2.66. The van der Waals surface area contributed by atoms with Crippen molar-refractivity contribution >= 4 is 33.2 Å². The van der Waals surface area contributed by atoms with Gasteiger partial charge in [-0.05, 0) is 30.3 Å². The number of nitrogens with zero attached hydrogens (tertiary/aromatic N) is 1. The van der Waals surface area contributed by atoms with Gasteiger partial charge in [-0.15, -0.1) is 0 Å². The van der Waals surface area contributed by atoms with Crippen molar-refractivity contribution in [1.82, 2.24) is 4.31 Å². The van der Waals surface area contributed by atoms with Crippen LogP contribution in [-0.4, -0.2) is 52.3 Å². The third kappa shape index (κ3) is 5.69. The van der Waals surface area contributed by atoms with Crippen LogP contribution in [0.3, 0.4) is 0 Å². The second-order valence-electron chi connectivity index (χ2n) is 6.16. The lowest BCUT2D eigenvalue weighted by Crippen LogP contribution is -2.23. The first-order chi connectivity index (χ1) is 13.6. The topological polar surface area (TPSA) is 114 Å². The minimum absolute atomic E-state index is 0.00974. The molecule has 29 heavy (non-hydrogen) atoms. The maximum absolute atomic E-state index is 12.3. The Morgan fingerprint density at radius 1 is 1.00 bits per heavy atom. The monoisotopic (exact) mass is 421 g/mol. The molecule has 0 heterocycles. The normalized spacial score (nSPS) is 11.1. The zero-order chi connectivity index (χ0) is 21.6. The number of rotatable bonds is 8. The Hall–Kier alpha value is -3.11. The Kier molecular flexibility index (Phi) is 7.18. The van der Waals surface area contributed by atoms with Gasteiger partial charge in [-0.2, -0.15) is 0 Å². The highest BCUT2D eigenvalue weighted by atomic mass is 32.2. The minimum Gasteiger partial charge on any atom is -0.495 e. The Morgan fingerprint density at radius 2 is 1.69 bits per heavy atom. The zero-order valence-electron chi connectivity index (χ0n) is 16.6. The molecule has 0 fully saturated rings. The van der Waals surface area contributed by atoms with Gasteiger partial charge in [-0.1, -0.05) is 12.1 Å². The molecular formula is C19H23N3O6S. The van der Waals surface area contributed by atoms with Crippen molar-refractivity contribution in [1.29, 1.82) is 0 Å². The van der Waals surface area contributed by atoms with Crippen molar-refractivity contribution in [3.05, 3.63) is 42.5 Å². The van der Waals surface area contributed by atoms with Crippen molar-refractivity contribution in [3.63, 3.8) is 0 Å². The van der Waals surface area contributed by atoms with Crippen molar-refractivity contribution < 1.29 is 27.5 Å². The van der Waals surface area contributed by atoms with Crippen LogP contribution in [0.15, 0.2) is 47.4 Å². The molecule has 9 nitrogen and oxygen atoms in total. The van der Waals surface area contributed by atoms with E-state index >= 15 is 0 Å². The van der Waals surface area contributed by atoms with Gasteiger partial charge in [-0.3, -0.25) is 9.59 Å². The van der Waals surface area contributed by atoms with Crippen molar-refractivity contribution in [2.45, 2.75) is 11.8 Å². The summed E-state index contributed by atoms with van der Waals surface area (Å²) < 4.78 is 36.4. The molecule has 0 radical (unpaired) electrons. The molecule has 2 aromatic rings. The third-order valence-electron chi connectivity index (χ3n) is 3.78. The SMILES string of the molecule is COc1ccc(S(=O)(=O)N(C)C)cc1NC(=O)COc1ccccc1NC(C)=O. The lowest BCUT2D eigenvalue weighted by Gasteiger charge is -2.15. The number of para-hydroxylation sites is 2. The molecule has 2 amide bonds. The van der Waals surface area contributed by atoms with Gasteiger partial charge < -0.3 is 20.1 Å². The summed E-state index contributed by atoms with van der Waals surface area (Å²) >= 11 is 0. The summed E-state index contributed by atoms with van der Waals surface area (Å²) in [5.74, 6) is -0.169. The van der Waals surface area contributed by atoms with E-state index in [4.69, 9.17) is 9.47 Å². The van der Waals surface area contributed by atoms with Crippen LogP contribution in [0, 0.1) is 0 Å². The summed E-state index contributed by atoms with van der Waals surface area (Å²) in [4.78, 5) is 23.6. The molecule has 0 aliphatic rings. The lowest BCUT2D eigenvalue weighted by molar-refractivity contribution is -0.118. The second kappa shape index (κ2) is 9.39. The molecular weight excluding hydrogens is 398 g/mol.